The fourth-order valence-electron chi connectivity index (χ4n) is 2.89. The molecule has 0 radical (unpaired) electrons. The highest BCUT2D eigenvalue weighted by Gasteiger charge is 2.30. The Kier molecular flexibility index (Phi) is 4.78. The van der Waals surface area contributed by atoms with E-state index in [0.29, 0.717) is 30.4 Å². The molecular weight excluding hydrogens is 330 g/mol. The number of fused-ring (bicyclic) bond motifs is 1. The molecular formula is C17H20ClN3O3. The quantitative estimate of drug-likeness (QED) is 0.898. The van der Waals surface area contributed by atoms with E-state index in [-0.39, 0.29) is 12.5 Å². The normalized spacial score (nSPS) is 14.6. The van der Waals surface area contributed by atoms with Crippen LogP contribution in [0.4, 0.5) is 0 Å². The number of carbonyl (C=O) groups is 1. The van der Waals surface area contributed by atoms with Gasteiger partial charge in [0.05, 0.1) is 31.6 Å². The summed E-state index contributed by atoms with van der Waals surface area (Å²) in [6.07, 6.45) is 1.17. The molecule has 1 amide bonds. The molecule has 0 aliphatic carbocycles. The zero-order chi connectivity index (χ0) is 17.3. The van der Waals surface area contributed by atoms with E-state index in [2.05, 4.69) is 5.10 Å². The van der Waals surface area contributed by atoms with Gasteiger partial charge in [-0.3, -0.25) is 9.48 Å². The van der Waals surface area contributed by atoms with Crippen LogP contribution in [0.5, 0.6) is 5.75 Å². The summed E-state index contributed by atoms with van der Waals surface area (Å²) in [5.41, 5.74) is 2.89. The number of amides is 1. The maximum absolute atomic E-state index is 12.7. The van der Waals surface area contributed by atoms with E-state index in [1.807, 2.05) is 13.0 Å². The minimum absolute atomic E-state index is 0.0252. The van der Waals surface area contributed by atoms with Crippen LogP contribution in [0.1, 0.15) is 23.7 Å². The number of carbonyl (C=O) groups excluding carboxylic acids is 1. The van der Waals surface area contributed by atoms with Gasteiger partial charge in [0, 0.05) is 17.1 Å². The zero-order valence-corrected chi connectivity index (χ0v) is 14.5. The van der Waals surface area contributed by atoms with Gasteiger partial charge < -0.3 is 14.7 Å². The van der Waals surface area contributed by atoms with E-state index in [1.165, 1.54) is 0 Å². The number of benzene rings is 1. The van der Waals surface area contributed by atoms with Gasteiger partial charge in [0.1, 0.15) is 5.75 Å². The first-order valence-corrected chi connectivity index (χ1v) is 8.23. The number of rotatable bonds is 5. The molecule has 6 nitrogen and oxygen atoms in total. The van der Waals surface area contributed by atoms with Crippen molar-refractivity contribution in [2.45, 2.75) is 39.6 Å². The first-order chi connectivity index (χ1) is 11.5. The summed E-state index contributed by atoms with van der Waals surface area (Å²) in [5.74, 6) is 0.583. The number of aromatic nitrogens is 2. The highest BCUT2D eigenvalue weighted by molar-refractivity contribution is 6.30. The van der Waals surface area contributed by atoms with Gasteiger partial charge in [-0.2, -0.15) is 5.10 Å². The molecule has 2 heterocycles. The fraction of sp³-hybridized carbons (Fsp3) is 0.412. The number of aliphatic hydroxyl groups is 1. The fourth-order valence-corrected chi connectivity index (χ4v) is 3.12. The van der Waals surface area contributed by atoms with Crippen LogP contribution in [0.2, 0.25) is 5.02 Å². The molecule has 0 saturated carbocycles. The van der Waals surface area contributed by atoms with Crippen molar-refractivity contribution < 1.29 is 14.6 Å². The summed E-state index contributed by atoms with van der Waals surface area (Å²) in [4.78, 5) is 14.4. The minimum atomic E-state index is -0.590. The standard InChI is InChI=1S/C17H20ClN3O3/c1-11-7-14(18)3-4-16(11)24-12(2)17(23)20-9-13-8-19-21(5-6-22)15(13)10-20/h3-4,7-8,12,22H,5-6,9-10H2,1-2H3/t12-/m1/s1. The third-order valence-electron chi connectivity index (χ3n) is 4.15. The summed E-state index contributed by atoms with van der Waals surface area (Å²) in [5, 5.41) is 13.9. The molecule has 0 bridgehead atoms. The predicted octanol–water partition coefficient (Wildman–Crippen LogP) is 2.15. The van der Waals surface area contributed by atoms with E-state index in [9.17, 15) is 4.79 Å². The molecule has 1 aromatic carbocycles. The predicted molar refractivity (Wildman–Crippen MR) is 89.8 cm³/mol. The van der Waals surface area contributed by atoms with Gasteiger partial charge in [-0.15, -0.1) is 0 Å². The van der Waals surface area contributed by atoms with Crippen LogP contribution in [0.3, 0.4) is 0 Å². The molecule has 1 aromatic heterocycles. The van der Waals surface area contributed by atoms with Crippen molar-refractivity contribution in [3.05, 3.63) is 46.2 Å². The Morgan fingerprint density at radius 3 is 2.96 bits per heavy atom. The Hall–Kier alpha value is -2.05. The Labute approximate surface area is 145 Å². The van der Waals surface area contributed by atoms with Crippen molar-refractivity contribution in [1.82, 2.24) is 14.7 Å². The second-order valence-electron chi connectivity index (χ2n) is 5.93. The average Bonchev–Trinajstić information content (AvgIpc) is 3.11. The van der Waals surface area contributed by atoms with Crippen LogP contribution in [0.25, 0.3) is 0 Å². The molecule has 0 saturated heterocycles. The van der Waals surface area contributed by atoms with Crippen LogP contribution in [0, 0.1) is 6.92 Å². The highest BCUT2D eigenvalue weighted by atomic mass is 35.5. The van der Waals surface area contributed by atoms with E-state index in [1.54, 1.807) is 34.8 Å². The van der Waals surface area contributed by atoms with Gasteiger partial charge in [0.15, 0.2) is 6.10 Å². The third kappa shape index (κ3) is 3.25. The maximum Gasteiger partial charge on any atom is 0.264 e. The number of aliphatic hydroxyl groups excluding tert-OH is 1. The molecule has 0 unspecified atom stereocenters. The molecule has 1 aliphatic heterocycles. The molecule has 1 N–H and O–H groups in total. The molecule has 3 rings (SSSR count). The molecule has 0 fully saturated rings. The molecule has 24 heavy (non-hydrogen) atoms. The Morgan fingerprint density at radius 2 is 2.25 bits per heavy atom. The summed E-state index contributed by atoms with van der Waals surface area (Å²) in [7, 11) is 0. The summed E-state index contributed by atoms with van der Waals surface area (Å²) >= 11 is 5.94. The topological polar surface area (TPSA) is 67.6 Å². The van der Waals surface area contributed by atoms with Crippen LogP contribution >= 0.6 is 11.6 Å². The largest absolute Gasteiger partial charge is 0.481 e. The monoisotopic (exact) mass is 349 g/mol. The first kappa shape index (κ1) is 16.8. The van der Waals surface area contributed by atoms with Crippen molar-refractivity contribution in [3.63, 3.8) is 0 Å². The van der Waals surface area contributed by atoms with Crippen molar-refractivity contribution >= 4 is 17.5 Å². The number of halogens is 1. The van der Waals surface area contributed by atoms with Crippen molar-refractivity contribution in [3.8, 4) is 5.75 Å². The zero-order valence-electron chi connectivity index (χ0n) is 13.7. The summed E-state index contributed by atoms with van der Waals surface area (Å²) < 4.78 is 7.56. The maximum atomic E-state index is 12.7. The lowest BCUT2D eigenvalue weighted by molar-refractivity contribution is -0.138. The second kappa shape index (κ2) is 6.83. The molecule has 0 spiro atoms. The van der Waals surface area contributed by atoms with Gasteiger partial charge in [-0.25, -0.2) is 0 Å². The van der Waals surface area contributed by atoms with E-state index >= 15 is 0 Å². The van der Waals surface area contributed by atoms with Crippen LogP contribution in [0.15, 0.2) is 24.4 Å². The van der Waals surface area contributed by atoms with Crippen LogP contribution < -0.4 is 4.74 Å². The van der Waals surface area contributed by atoms with Gasteiger partial charge in [0.2, 0.25) is 0 Å². The Balaban J connectivity index is 1.66. The minimum Gasteiger partial charge on any atom is -0.481 e. The van der Waals surface area contributed by atoms with E-state index in [4.69, 9.17) is 21.4 Å². The van der Waals surface area contributed by atoms with E-state index in [0.717, 1.165) is 16.8 Å². The Bertz CT molecular complexity index is 760. The van der Waals surface area contributed by atoms with Crippen molar-refractivity contribution in [2.24, 2.45) is 0 Å². The molecule has 2 aromatic rings. The summed E-state index contributed by atoms with van der Waals surface area (Å²) in [6.45, 7) is 5.12. The highest BCUT2D eigenvalue weighted by Crippen LogP contribution is 2.26. The Morgan fingerprint density at radius 1 is 1.46 bits per heavy atom. The smallest absolute Gasteiger partial charge is 0.264 e. The lowest BCUT2D eigenvalue weighted by Crippen LogP contribution is -2.37. The second-order valence-corrected chi connectivity index (χ2v) is 6.36. The van der Waals surface area contributed by atoms with Gasteiger partial charge in [-0.05, 0) is 37.6 Å². The molecule has 128 valence electrons. The van der Waals surface area contributed by atoms with Crippen molar-refractivity contribution in [2.75, 3.05) is 6.61 Å². The molecule has 1 atom stereocenters. The number of hydrogen-bond acceptors (Lipinski definition) is 4. The third-order valence-corrected chi connectivity index (χ3v) is 4.38. The van der Waals surface area contributed by atoms with Crippen molar-refractivity contribution in [1.29, 1.82) is 0 Å². The molecule has 7 heteroatoms. The number of aryl methyl sites for hydroxylation is 1. The lowest BCUT2D eigenvalue weighted by Gasteiger charge is -2.22. The number of ether oxygens (including phenoxy) is 1. The van der Waals surface area contributed by atoms with Crippen LogP contribution in [-0.4, -0.2) is 38.4 Å². The van der Waals surface area contributed by atoms with Gasteiger partial charge in [0.25, 0.3) is 5.91 Å². The average molecular weight is 350 g/mol. The summed E-state index contributed by atoms with van der Waals surface area (Å²) in [6, 6.07) is 5.33. The van der Waals surface area contributed by atoms with Crippen LogP contribution in [-0.2, 0) is 24.4 Å². The van der Waals surface area contributed by atoms with Gasteiger partial charge >= 0.3 is 0 Å². The number of nitrogens with zero attached hydrogens (tertiary/aromatic N) is 3. The van der Waals surface area contributed by atoms with Gasteiger partial charge in [-0.1, -0.05) is 11.6 Å². The number of hydrogen-bond donors (Lipinski definition) is 1. The van der Waals surface area contributed by atoms with E-state index < -0.39 is 6.10 Å². The lowest BCUT2D eigenvalue weighted by atomic mass is 10.2. The molecule has 1 aliphatic rings. The SMILES string of the molecule is Cc1cc(Cl)ccc1O[C@H](C)C(=O)N1Cc2cnn(CCO)c2C1. The first-order valence-electron chi connectivity index (χ1n) is 7.85.